The molecule has 0 radical (unpaired) electrons. The van der Waals surface area contributed by atoms with E-state index in [1.54, 1.807) is 12.1 Å². The monoisotopic (exact) mass is 352 g/mol. The molecule has 2 atom stereocenters. The third kappa shape index (κ3) is 4.75. The maximum atomic E-state index is 12.9. The summed E-state index contributed by atoms with van der Waals surface area (Å²) in [5.74, 6) is 4.24. The van der Waals surface area contributed by atoms with Crippen LogP contribution < -0.4 is 10.8 Å². The van der Waals surface area contributed by atoms with Gasteiger partial charge < -0.3 is 10.4 Å². The first-order valence-corrected chi connectivity index (χ1v) is 7.62. The second-order valence-electron chi connectivity index (χ2n) is 6.03. The topological polar surface area (TPSA) is 98.7 Å². The van der Waals surface area contributed by atoms with Gasteiger partial charge in [0.05, 0.1) is 0 Å². The Morgan fingerprint density at radius 1 is 1.28 bits per heavy atom. The predicted molar refractivity (Wildman–Crippen MR) is 83.9 cm³/mol. The Kier molecular flexibility index (Phi) is 5.72. The smallest absolute Gasteiger partial charge is 0.269 e. The first kappa shape index (κ1) is 18.8. The maximum Gasteiger partial charge on any atom is 0.269 e. The van der Waals surface area contributed by atoms with Crippen LogP contribution in [0.5, 0.6) is 0 Å². The van der Waals surface area contributed by atoms with E-state index in [2.05, 4.69) is 11.8 Å². The van der Waals surface area contributed by atoms with Crippen molar-refractivity contribution in [2.24, 2.45) is 5.92 Å². The van der Waals surface area contributed by atoms with Gasteiger partial charge in [-0.15, -0.1) is 0 Å². The van der Waals surface area contributed by atoms with Gasteiger partial charge in [0.2, 0.25) is 0 Å². The van der Waals surface area contributed by atoms with E-state index in [0.717, 1.165) is 18.3 Å². The van der Waals surface area contributed by atoms with Gasteiger partial charge in [-0.3, -0.25) is 14.8 Å². The Hall–Kier alpha value is -2.50. The van der Waals surface area contributed by atoms with E-state index in [9.17, 15) is 23.5 Å². The Bertz CT molecular complexity index is 704. The molecule has 1 fully saturated rings. The largest absolute Gasteiger partial charge is 0.381 e. The van der Waals surface area contributed by atoms with Gasteiger partial charge in [0, 0.05) is 17.0 Å². The summed E-state index contributed by atoms with van der Waals surface area (Å²) in [6, 6.07) is 4.00. The zero-order chi connectivity index (χ0) is 18.6. The van der Waals surface area contributed by atoms with Crippen LogP contribution in [0.15, 0.2) is 24.3 Å². The number of carbonyl (C=O) groups is 2. The van der Waals surface area contributed by atoms with Crippen molar-refractivity contribution in [3.8, 4) is 11.8 Å². The number of hydrogen-bond acceptors (Lipinski definition) is 4. The molecule has 1 unspecified atom stereocenters. The molecule has 0 bridgehead atoms. The number of benzene rings is 1. The number of alkyl halides is 2. The normalized spacial score (nSPS) is 17.0. The lowest BCUT2D eigenvalue weighted by molar-refractivity contribution is -0.149. The first-order chi connectivity index (χ1) is 11.8. The second-order valence-corrected chi connectivity index (χ2v) is 6.03. The van der Waals surface area contributed by atoms with Crippen molar-refractivity contribution in [2.75, 3.05) is 0 Å². The molecule has 0 aromatic heterocycles. The summed E-state index contributed by atoms with van der Waals surface area (Å²) in [5, 5.41) is 20.4. The van der Waals surface area contributed by atoms with Gasteiger partial charge in [-0.05, 0) is 44.0 Å². The molecule has 1 aromatic carbocycles. The molecule has 4 N–H and O–H groups in total. The molecule has 0 spiro atoms. The van der Waals surface area contributed by atoms with Crippen LogP contribution in [0.1, 0.15) is 35.7 Å². The van der Waals surface area contributed by atoms with Gasteiger partial charge in [-0.25, -0.2) is 14.3 Å². The van der Waals surface area contributed by atoms with Gasteiger partial charge in [-0.2, -0.15) is 0 Å². The third-order valence-electron chi connectivity index (χ3n) is 3.82. The van der Waals surface area contributed by atoms with Crippen LogP contribution in [0.2, 0.25) is 0 Å². The molecular weight excluding hydrogens is 334 g/mol. The number of amides is 2. The standard InChI is InChI=1S/C17H18F2N2O4/c1-17(24,16(18)19)13(15(23)21-25)20-14(22)12-8-6-11(7-9-12)5-4-10-2-3-10/h6-10,13,16,24-25H,2-3H2,1H3,(H,20,22)(H,21,23)/t13-,17?/m1/s1. The van der Waals surface area contributed by atoms with E-state index in [1.807, 2.05) is 5.32 Å². The molecule has 25 heavy (non-hydrogen) atoms. The maximum absolute atomic E-state index is 12.9. The van der Waals surface area contributed by atoms with Crippen LogP contribution in [-0.4, -0.2) is 40.2 Å². The molecule has 0 saturated heterocycles. The molecule has 1 aliphatic rings. The van der Waals surface area contributed by atoms with Crippen molar-refractivity contribution < 1.29 is 28.7 Å². The summed E-state index contributed by atoms with van der Waals surface area (Å²) < 4.78 is 25.9. The molecule has 1 saturated carbocycles. The number of carbonyl (C=O) groups excluding carboxylic acids is 2. The second kappa shape index (κ2) is 7.59. The van der Waals surface area contributed by atoms with E-state index in [-0.39, 0.29) is 5.56 Å². The van der Waals surface area contributed by atoms with Crippen molar-refractivity contribution in [2.45, 2.75) is 37.8 Å². The van der Waals surface area contributed by atoms with Crippen LogP contribution in [0.4, 0.5) is 8.78 Å². The highest BCUT2D eigenvalue weighted by molar-refractivity contribution is 5.97. The summed E-state index contributed by atoms with van der Waals surface area (Å²) in [6.07, 6.45) is -1.15. The SMILES string of the molecule is CC(O)(C(F)F)[C@H](NC(=O)c1ccc(C#CC2CC2)cc1)C(=O)NO. The van der Waals surface area contributed by atoms with Crippen LogP contribution in [0.3, 0.4) is 0 Å². The number of nitrogens with one attached hydrogen (secondary N) is 2. The van der Waals surface area contributed by atoms with Crippen molar-refractivity contribution >= 4 is 11.8 Å². The first-order valence-electron chi connectivity index (χ1n) is 7.62. The summed E-state index contributed by atoms with van der Waals surface area (Å²) in [4.78, 5) is 23.7. The zero-order valence-corrected chi connectivity index (χ0v) is 13.4. The Morgan fingerprint density at radius 3 is 2.36 bits per heavy atom. The lowest BCUT2D eigenvalue weighted by Gasteiger charge is -2.30. The molecule has 134 valence electrons. The Morgan fingerprint density at radius 2 is 1.88 bits per heavy atom. The van der Waals surface area contributed by atoms with E-state index in [0.29, 0.717) is 18.4 Å². The molecule has 2 rings (SSSR count). The quantitative estimate of drug-likeness (QED) is 0.362. The highest BCUT2D eigenvalue weighted by atomic mass is 19.3. The van der Waals surface area contributed by atoms with Gasteiger partial charge in [0.25, 0.3) is 18.2 Å². The summed E-state index contributed by atoms with van der Waals surface area (Å²) >= 11 is 0. The molecular formula is C17H18F2N2O4. The molecule has 0 heterocycles. The average Bonchev–Trinajstić information content (AvgIpc) is 3.41. The number of halogens is 2. The fraction of sp³-hybridized carbons (Fsp3) is 0.412. The number of hydroxylamine groups is 1. The van der Waals surface area contributed by atoms with E-state index >= 15 is 0 Å². The average molecular weight is 352 g/mol. The Balaban J connectivity index is 2.12. The van der Waals surface area contributed by atoms with Gasteiger partial charge in [0.15, 0.2) is 5.60 Å². The highest BCUT2D eigenvalue weighted by Gasteiger charge is 2.46. The fourth-order valence-corrected chi connectivity index (χ4v) is 2.00. The minimum atomic E-state index is -3.32. The Labute approximate surface area is 143 Å². The molecule has 6 nitrogen and oxygen atoms in total. The number of aliphatic hydroxyl groups is 1. The summed E-state index contributed by atoms with van der Waals surface area (Å²) in [6.45, 7) is 0.689. The lowest BCUT2D eigenvalue weighted by atomic mass is 9.95. The minimum Gasteiger partial charge on any atom is -0.381 e. The summed E-state index contributed by atoms with van der Waals surface area (Å²) in [7, 11) is 0. The lowest BCUT2D eigenvalue weighted by Crippen LogP contribution is -2.61. The van der Waals surface area contributed by atoms with Crippen LogP contribution in [-0.2, 0) is 4.79 Å². The predicted octanol–water partition coefficient (Wildman–Crippen LogP) is 1.07. The van der Waals surface area contributed by atoms with Crippen LogP contribution >= 0.6 is 0 Å². The van der Waals surface area contributed by atoms with Gasteiger partial charge >= 0.3 is 0 Å². The van der Waals surface area contributed by atoms with Crippen LogP contribution in [0, 0.1) is 17.8 Å². The molecule has 0 aliphatic heterocycles. The van der Waals surface area contributed by atoms with Crippen molar-refractivity contribution in [3.05, 3.63) is 35.4 Å². The van der Waals surface area contributed by atoms with Gasteiger partial charge in [0.1, 0.15) is 6.04 Å². The number of rotatable bonds is 5. The van der Waals surface area contributed by atoms with E-state index in [1.165, 1.54) is 12.1 Å². The van der Waals surface area contributed by atoms with E-state index in [4.69, 9.17) is 5.21 Å². The highest BCUT2D eigenvalue weighted by Crippen LogP contribution is 2.27. The number of hydrogen-bond donors (Lipinski definition) is 4. The zero-order valence-electron chi connectivity index (χ0n) is 13.4. The molecule has 2 amide bonds. The molecule has 1 aliphatic carbocycles. The minimum absolute atomic E-state index is 0.0952. The van der Waals surface area contributed by atoms with Crippen molar-refractivity contribution in [1.29, 1.82) is 0 Å². The van der Waals surface area contributed by atoms with Crippen molar-refractivity contribution in [1.82, 2.24) is 10.8 Å². The third-order valence-corrected chi connectivity index (χ3v) is 3.82. The fourth-order valence-electron chi connectivity index (χ4n) is 2.00. The summed E-state index contributed by atoms with van der Waals surface area (Å²) in [5.41, 5.74) is -0.906. The molecule has 1 aromatic rings. The van der Waals surface area contributed by atoms with E-state index < -0.39 is 29.9 Å². The van der Waals surface area contributed by atoms with Crippen molar-refractivity contribution in [3.63, 3.8) is 0 Å². The van der Waals surface area contributed by atoms with Crippen LogP contribution in [0.25, 0.3) is 0 Å². The molecule has 8 heteroatoms. The van der Waals surface area contributed by atoms with Gasteiger partial charge in [-0.1, -0.05) is 11.8 Å².